The second-order valence-corrected chi connectivity index (χ2v) is 12.0. The van der Waals surface area contributed by atoms with E-state index in [1.165, 1.54) is 11.6 Å². The Morgan fingerprint density at radius 2 is 2.00 bits per heavy atom. The van der Waals surface area contributed by atoms with Crippen LogP contribution in [0.3, 0.4) is 0 Å². The summed E-state index contributed by atoms with van der Waals surface area (Å²) in [6, 6.07) is 9.36. The average Bonchev–Trinajstić information content (AvgIpc) is 2.28. The van der Waals surface area contributed by atoms with Crippen molar-refractivity contribution in [3.63, 3.8) is 0 Å². The molecule has 18 heavy (non-hydrogen) atoms. The van der Waals surface area contributed by atoms with Gasteiger partial charge in [-0.25, -0.2) is 0 Å². The van der Waals surface area contributed by atoms with Gasteiger partial charge in [-0.3, -0.25) is 0 Å². The molecule has 0 amide bonds. The van der Waals surface area contributed by atoms with Crippen LogP contribution in [0.1, 0.15) is 5.56 Å². The summed E-state index contributed by atoms with van der Waals surface area (Å²) in [5, 5.41) is 0.975. The molecule has 0 fully saturated rings. The van der Waals surface area contributed by atoms with E-state index >= 15 is 0 Å². The summed E-state index contributed by atoms with van der Waals surface area (Å²) in [6.45, 7) is 8.20. The second-order valence-electron chi connectivity index (χ2n) is 5.57. The van der Waals surface area contributed by atoms with Gasteiger partial charge in [0.05, 0.1) is 0 Å². The van der Waals surface area contributed by atoms with E-state index in [0.29, 0.717) is 6.79 Å². The van der Waals surface area contributed by atoms with E-state index in [0.717, 1.165) is 24.1 Å². The van der Waals surface area contributed by atoms with Gasteiger partial charge in [0.1, 0.15) is 5.75 Å². The van der Waals surface area contributed by atoms with E-state index in [2.05, 4.69) is 47.7 Å². The summed E-state index contributed by atoms with van der Waals surface area (Å²) in [5.41, 5.74) is 1.28. The molecule has 0 atom stereocenters. The summed E-state index contributed by atoms with van der Waals surface area (Å²) in [4.78, 5) is 0. The number of hydrogen-bond acceptors (Lipinski definition) is 2. The maximum Gasteiger partial charge on any atom is 0.189 e. The molecule has 0 radical (unpaired) electrons. The fraction of sp³-hybridized carbons (Fsp3) is 0.571. The third-order valence-corrected chi connectivity index (χ3v) is 4.69. The zero-order valence-corrected chi connectivity index (χ0v) is 14.1. The van der Waals surface area contributed by atoms with Gasteiger partial charge in [-0.15, -0.1) is 0 Å². The summed E-state index contributed by atoms with van der Waals surface area (Å²) in [7, 11) is -0.992. The molecule has 0 aliphatic rings. The lowest BCUT2D eigenvalue weighted by molar-refractivity contribution is 0.0220. The third-order valence-electron chi connectivity index (χ3n) is 2.59. The normalized spacial score (nSPS) is 11.6. The molecular formula is C14H23BrO2Si. The van der Waals surface area contributed by atoms with Crippen LogP contribution in [0.15, 0.2) is 24.3 Å². The highest BCUT2D eigenvalue weighted by atomic mass is 79.9. The maximum absolute atomic E-state index is 5.59. The van der Waals surface area contributed by atoms with Crippen LogP contribution in [-0.4, -0.2) is 26.8 Å². The van der Waals surface area contributed by atoms with Crippen molar-refractivity contribution in [2.75, 3.05) is 18.7 Å². The molecule has 0 unspecified atom stereocenters. The lowest BCUT2D eigenvalue weighted by atomic mass is 10.2. The summed E-state index contributed by atoms with van der Waals surface area (Å²) in [6.07, 6.45) is 1.02. The van der Waals surface area contributed by atoms with Crippen LogP contribution in [0.4, 0.5) is 0 Å². The number of hydrogen-bond donors (Lipinski definition) is 0. The van der Waals surface area contributed by atoms with Gasteiger partial charge in [-0.1, -0.05) is 47.7 Å². The zero-order valence-electron chi connectivity index (χ0n) is 11.5. The molecule has 0 bridgehead atoms. The second kappa shape index (κ2) is 7.97. The van der Waals surface area contributed by atoms with Crippen LogP contribution in [0.25, 0.3) is 0 Å². The molecule has 0 aliphatic heterocycles. The van der Waals surface area contributed by atoms with Crippen molar-refractivity contribution in [1.29, 1.82) is 0 Å². The SMILES string of the molecule is C[Si](C)(C)CCOCOc1cccc(CCBr)c1. The van der Waals surface area contributed by atoms with Crippen LogP contribution >= 0.6 is 15.9 Å². The van der Waals surface area contributed by atoms with E-state index in [9.17, 15) is 0 Å². The zero-order chi connectivity index (χ0) is 13.4. The number of alkyl halides is 1. The Labute approximate surface area is 120 Å². The van der Waals surface area contributed by atoms with E-state index in [4.69, 9.17) is 9.47 Å². The number of aryl methyl sites for hydroxylation is 1. The maximum atomic E-state index is 5.59. The number of halogens is 1. The average molecular weight is 331 g/mol. The van der Waals surface area contributed by atoms with Crippen molar-refractivity contribution < 1.29 is 9.47 Å². The molecular weight excluding hydrogens is 308 g/mol. The van der Waals surface area contributed by atoms with Crippen LogP contribution in [-0.2, 0) is 11.2 Å². The first-order chi connectivity index (χ1) is 8.51. The van der Waals surface area contributed by atoms with E-state index < -0.39 is 8.07 Å². The number of benzene rings is 1. The Morgan fingerprint density at radius 1 is 1.22 bits per heavy atom. The van der Waals surface area contributed by atoms with Gasteiger partial charge >= 0.3 is 0 Å². The van der Waals surface area contributed by atoms with E-state index in [1.54, 1.807) is 0 Å². The van der Waals surface area contributed by atoms with Crippen LogP contribution in [0.5, 0.6) is 5.75 Å². The predicted molar refractivity (Wildman–Crippen MR) is 83.5 cm³/mol. The molecule has 0 aliphatic carbocycles. The van der Waals surface area contributed by atoms with E-state index in [-0.39, 0.29) is 0 Å². The molecule has 0 spiro atoms. The summed E-state index contributed by atoms with van der Waals surface area (Å²) in [5.74, 6) is 0.890. The smallest absolute Gasteiger partial charge is 0.189 e. The van der Waals surface area contributed by atoms with Crippen LogP contribution in [0, 0.1) is 0 Å². The molecule has 0 saturated carbocycles. The van der Waals surface area contributed by atoms with Gasteiger partial charge in [0.25, 0.3) is 0 Å². The van der Waals surface area contributed by atoms with Crippen molar-refractivity contribution >= 4 is 24.0 Å². The first-order valence-electron chi connectivity index (χ1n) is 6.37. The van der Waals surface area contributed by atoms with Crippen LogP contribution in [0.2, 0.25) is 25.7 Å². The monoisotopic (exact) mass is 330 g/mol. The fourth-order valence-electron chi connectivity index (χ4n) is 1.45. The first kappa shape index (κ1) is 15.7. The summed E-state index contributed by atoms with van der Waals surface area (Å²) < 4.78 is 11.1. The van der Waals surface area contributed by atoms with Gasteiger partial charge in [0.2, 0.25) is 0 Å². The minimum absolute atomic E-state index is 0.349. The molecule has 2 nitrogen and oxygen atoms in total. The molecule has 1 aromatic carbocycles. The Balaban J connectivity index is 2.24. The topological polar surface area (TPSA) is 18.5 Å². The molecule has 4 heteroatoms. The largest absolute Gasteiger partial charge is 0.468 e. The van der Waals surface area contributed by atoms with Crippen molar-refractivity contribution in [3.05, 3.63) is 29.8 Å². The standard InChI is InChI=1S/C14H23BrO2Si/c1-18(2,3)10-9-16-12-17-14-6-4-5-13(11-14)7-8-15/h4-6,11H,7-10,12H2,1-3H3. The van der Waals surface area contributed by atoms with Gasteiger partial charge in [-0.2, -0.15) is 0 Å². The highest BCUT2D eigenvalue weighted by Crippen LogP contribution is 2.14. The lowest BCUT2D eigenvalue weighted by Gasteiger charge is -2.15. The Hall–Kier alpha value is -0.323. The predicted octanol–water partition coefficient (Wildman–Crippen LogP) is 4.32. The Bertz CT molecular complexity index is 350. The molecule has 0 saturated heterocycles. The van der Waals surface area contributed by atoms with Gasteiger partial charge in [0, 0.05) is 20.0 Å². The number of rotatable bonds is 8. The lowest BCUT2D eigenvalue weighted by Crippen LogP contribution is -2.22. The third kappa shape index (κ3) is 7.19. The molecule has 0 N–H and O–H groups in total. The summed E-state index contributed by atoms with van der Waals surface area (Å²) >= 11 is 3.44. The minimum atomic E-state index is -0.992. The van der Waals surface area contributed by atoms with Crippen molar-refractivity contribution in [2.24, 2.45) is 0 Å². The Morgan fingerprint density at radius 3 is 2.67 bits per heavy atom. The van der Waals surface area contributed by atoms with Gasteiger partial charge in [-0.05, 0) is 30.2 Å². The van der Waals surface area contributed by atoms with Crippen molar-refractivity contribution in [1.82, 2.24) is 0 Å². The first-order valence-corrected chi connectivity index (χ1v) is 11.2. The number of ether oxygens (including phenoxy) is 2. The van der Waals surface area contributed by atoms with Crippen LogP contribution < -0.4 is 4.74 Å². The molecule has 102 valence electrons. The van der Waals surface area contributed by atoms with E-state index in [1.807, 2.05) is 12.1 Å². The van der Waals surface area contributed by atoms with Gasteiger partial charge in [0.15, 0.2) is 6.79 Å². The van der Waals surface area contributed by atoms with Crippen molar-refractivity contribution in [2.45, 2.75) is 32.1 Å². The van der Waals surface area contributed by atoms with Gasteiger partial charge < -0.3 is 9.47 Å². The Kier molecular flexibility index (Phi) is 6.97. The molecule has 0 aromatic heterocycles. The highest BCUT2D eigenvalue weighted by molar-refractivity contribution is 9.09. The van der Waals surface area contributed by atoms with Crippen molar-refractivity contribution in [3.8, 4) is 5.75 Å². The highest BCUT2D eigenvalue weighted by Gasteiger charge is 2.11. The molecule has 1 aromatic rings. The minimum Gasteiger partial charge on any atom is -0.468 e. The quantitative estimate of drug-likeness (QED) is 0.306. The fourth-order valence-corrected chi connectivity index (χ4v) is 2.66. The molecule has 1 rings (SSSR count). The molecule has 0 heterocycles.